The fraction of sp³-hybridized carbons (Fsp3) is 0.533. The van der Waals surface area contributed by atoms with E-state index in [0.29, 0.717) is 12.1 Å². The smallest absolute Gasteiger partial charge is 0.238 e. The molecule has 0 aromatic heterocycles. The Hall–Kier alpha value is -1.53. The van der Waals surface area contributed by atoms with Gasteiger partial charge in [-0.25, -0.2) is 8.78 Å². The molecule has 114 valence electrons. The molecule has 3 N–H and O–H groups in total. The van der Waals surface area contributed by atoms with Crippen LogP contribution in [0.1, 0.15) is 25.7 Å². The van der Waals surface area contributed by atoms with Gasteiger partial charge >= 0.3 is 0 Å². The standard InChI is InChI=1S/C15H19F2N3O/c16-13-4-1-10(7-14(13)17)19-15(21)8-20-11-2-3-12(20)6-9(18)5-11/h1,4,7,9,11-12H,2-3,5-6,8,18H2,(H,19,21). The normalized spacial score (nSPS) is 28.6. The molecule has 0 spiro atoms. The van der Waals surface area contributed by atoms with Gasteiger partial charge in [0.1, 0.15) is 0 Å². The number of halogens is 2. The number of benzene rings is 1. The number of fused-ring (bicyclic) bond motifs is 2. The highest BCUT2D eigenvalue weighted by atomic mass is 19.2. The number of nitrogens with zero attached hydrogens (tertiary/aromatic N) is 1. The second-order valence-electron chi connectivity index (χ2n) is 5.97. The number of anilines is 1. The van der Waals surface area contributed by atoms with Crippen molar-refractivity contribution in [3.8, 4) is 0 Å². The predicted molar refractivity (Wildman–Crippen MR) is 75.7 cm³/mol. The lowest BCUT2D eigenvalue weighted by Crippen LogP contribution is -2.49. The van der Waals surface area contributed by atoms with E-state index < -0.39 is 11.6 Å². The molecule has 6 heteroatoms. The number of hydrogen-bond donors (Lipinski definition) is 2. The third-order valence-electron chi connectivity index (χ3n) is 4.45. The number of nitrogens with two attached hydrogens (primary N) is 1. The zero-order valence-corrected chi connectivity index (χ0v) is 11.7. The van der Waals surface area contributed by atoms with Crippen LogP contribution in [0.25, 0.3) is 0 Å². The lowest BCUT2D eigenvalue weighted by Gasteiger charge is -2.37. The van der Waals surface area contributed by atoms with E-state index in [4.69, 9.17) is 5.73 Å². The summed E-state index contributed by atoms with van der Waals surface area (Å²) in [6, 6.07) is 4.33. The molecule has 1 amide bonds. The first kappa shape index (κ1) is 14.4. The van der Waals surface area contributed by atoms with Gasteiger partial charge in [-0.1, -0.05) is 0 Å². The summed E-state index contributed by atoms with van der Waals surface area (Å²) in [6.07, 6.45) is 4.01. The molecule has 2 aliphatic rings. The Kier molecular flexibility index (Phi) is 3.91. The first-order chi connectivity index (χ1) is 10.0. The minimum absolute atomic E-state index is 0.201. The summed E-state index contributed by atoms with van der Waals surface area (Å²) >= 11 is 0. The number of piperidine rings is 1. The van der Waals surface area contributed by atoms with Crippen molar-refractivity contribution in [2.24, 2.45) is 5.73 Å². The average molecular weight is 295 g/mol. The van der Waals surface area contributed by atoms with E-state index in [-0.39, 0.29) is 24.2 Å². The van der Waals surface area contributed by atoms with E-state index in [1.54, 1.807) is 0 Å². The summed E-state index contributed by atoms with van der Waals surface area (Å²) in [4.78, 5) is 14.3. The Labute approximate surface area is 122 Å². The highest BCUT2D eigenvalue weighted by Crippen LogP contribution is 2.34. The fourth-order valence-electron chi connectivity index (χ4n) is 3.51. The first-order valence-corrected chi connectivity index (χ1v) is 7.29. The molecule has 0 radical (unpaired) electrons. The summed E-state index contributed by atoms with van der Waals surface area (Å²) in [5.74, 6) is -2.08. The molecule has 0 aliphatic carbocycles. The lowest BCUT2D eigenvalue weighted by molar-refractivity contribution is -0.118. The molecule has 1 aromatic rings. The van der Waals surface area contributed by atoms with Crippen molar-refractivity contribution in [2.45, 2.75) is 43.8 Å². The Morgan fingerprint density at radius 2 is 1.90 bits per heavy atom. The van der Waals surface area contributed by atoms with Crippen molar-refractivity contribution in [3.63, 3.8) is 0 Å². The Morgan fingerprint density at radius 3 is 2.52 bits per heavy atom. The number of hydrogen-bond acceptors (Lipinski definition) is 3. The van der Waals surface area contributed by atoms with Crippen LogP contribution in [-0.2, 0) is 4.79 Å². The lowest BCUT2D eigenvalue weighted by atomic mass is 9.98. The number of rotatable bonds is 3. The quantitative estimate of drug-likeness (QED) is 0.895. The number of nitrogens with one attached hydrogen (secondary N) is 1. The van der Waals surface area contributed by atoms with Crippen LogP contribution < -0.4 is 11.1 Å². The highest BCUT2D eigenvalue weighted by Gasteiger charge is 2.40. The van der Waals surface area contributed by atoms with E-state index in [1.165, 1.54) is 6.07 Å². The van der Waals surface area contributed by atoms with Gasteiger partial charge in [-0.15, -0.1) is 0 Å². The minimum atomic E-state index is -0.961. The molecule has 2 atom stereocenters. The predicted octanol–water partition coefficient (Wildman–Crippen LogP) is 1.86. The monoisotopic (exact) mass is 295 g/mol. The summed E-state index contributed by atoms with van der Waals surface area (Å²) in [5.41, 5.74) is 6.28. The maximum atomic E-state index is 13.1. The number of carbonyl (C=O) groups excluding carboxylic acids is 1. The minimum Gasteiger partial charge on any atom is -0.328 e. The van der Waals surface area contributed by atoms with Crippen LogP contribution in [-0.4, -0.2) is 35.5 Å². The molecule has 0 saturated carbocycles. The van der Waals surface area contributed by atoms with Gasteiger partial charge in [0.25, 0.3) is 0 Å². The molecule has 2 saturated heterocycles. The molecule has 2 unspecified atom stereocenters. The van der Waals surface area contributed by atoms with E-state index in [2.05, 4.69) is 10.2 Å². The summed E-state index contributed by atoms with van der Waals surface area (Å²) < 4.78 is 26.0. The molecule has 2 fully saturated rings. The number of carbonyl (C=O) groups is 1. The second-order valence-corrected chi connectivity index (χ2v) is 5.97. The Balaban J connectivity index is 1.60. The van der Waals surface area contributed by atoms with Gasteiger partial charge < -0.3 is 11.1 Å². The van der Waals surface area contributed by atoms with Crippen LogP contribution in [0.2, 0.25) is 0 Å². The third-order valence-corrected chi connectivity index (χ3v) is 4.45. The fourth-order valence-corrected chi connectivity index (χ4v) is 3.51. The second kappa shape index (κ2) is 5.69. The average Bonchev–Trinajstić information content (AvgIpc) is 2.67. The summed E-state index contributed by atoms with van der Waals surface area (Å²) in [7, 11) is 0. The molecule has 2 heterocycles. The van der Waals surface area contributed by atoms with E-state index >= 15 is 0 Å². The zero-order chi connectivity index (χ0) is 15.0. The topological polar surface area (TPSA) is 58.4 Å². The molecular formula is C15H19F2N3O. The molecule has 3 rings (SSSR count). The van der Waals surface area contributed by atoms with Gasteiger partial charge in [-0.2, -0.15) is 0 Å². The maximum Gasteiger partial charge on any atom is 0.238 e. The molecular weight excluding hydrogens is 276 g/mol. The van der Waals surface area contributed by atoms with Crippen LogP contribution in [0.5, 0.6) is 0 Å². The maximum absolute atomic E-state index is 13.1. The molecule has 1 aromatic carbocycles. The molecule has 4 nitrogen and oxygen atoms in total. The van der Waals surface area contributed by atoms with Crippen LogP contribution >= 0.6 is 0 Å². The van der Waals surface area contributed by atoms with Crippen molar-refractivity contribution < 1.29 is 13.6 Å². The van der Waals surface area contributed by atoms with Gasteiger partial charge in [0.05, 0.1) is 6.54 Å². The first-order valence-electron chi connectivity index (χ1n) is 7.29. The van der Waals surface area contributed by atoms with Gasteiger partial charge in [-0.05, 0) is 37.8 Å². The van der Waals surface area contributed by atoms with Gasteiger partial charge in [-0.3, -0.25) is 9.69 Å². The van der Waals surface area contributed by atoms with Crippen molar-refractivity contribution >= 4 is 11.6 Å². The SMILES string of the molecule is NC1CC2CCC(C1)N2CC(=O)Nc1ccc(F)c(F)c1. The van der Waals surface area contributed by atoms with Crippen molar-refractivity contribution in [2.75, 3.05) is 11.9 Å². The third kappa shape index (κ3) is 3.06. The van der Waals surface area contributed by atoms with Crippen molar-refractivity contribution in [1.82, 2.24) is 4.90 Å². The highest BCUT2D eigenvalue weighted by molar-refractivity contribution is 5.92. The van der Waals surface area contributed by atoms with Crippen LogP contribution in [0.4, 0.5) is 14.5 Å². The zero-order valence-electron chi connectivity index (χ0n) is 11.7. The molecule has 21 heavy (non-hydrogen) atoms. The van der Waals surface area contributed by atoms with Crippen molar-refractivity contribution in [1.29, 1.82) is 0 Å². The van der Waals surface area contributed by atoms with Gasteiger partial charge in [0, 0.05) is 29.9 Å². The number of amides is 1. The van der Waals surface area contributed by atoms with Crippen LogP contribution in [0, 0.1) is 11.6 Å². The molecule has 2 aliphatic heterocycles. The van der Waals surface area contributed by atoms with Crippen LogP contribution in [0.15, 0.2) is 18.2 Å². The largest absolute Gasteiger partial charge is 0.328 e. The van der Waals surface area contributed by atoms with Crippen molar-refractivity contribution in [3.05, 3.63) is 29.8 Å². The van der Waals surface area contributed by atoms with Gasteiger partial charge in [0.2, 0.25) is 5.91 Å². The summed E-state index contributed by atoms with van der Waals surface area (Å²) in [5, 5.41) is 2.62. The van der Waals surface area contributed by atoms with Gasteiger partial charge in [0.15, 0.2) is 11.6 Å². The van der Waals surface area contributed by atoms with E-state index in [0.717, 1.165) is 37.8 Å². The van der Waals surface area contributed by atoms with Crippen LogP contribution in [0.3, 0.4) is 0 Å². The van der Waals surface area contributed by atoms with E-state index in [9.17, 15) is 13.6 Å². The Morgan fingerprint density at radius 1 is 1.24 bits per heavy atom. The molecule has 2 bridgehead atoms. The Bertz CT molecular complexity index is 538. The summed E-state index contributed by atoms with van der Waals surface area (Å²) in [6.45, 7) is 0.279. The van der Waals surface area contributed by atoms with E-state index in [1.807, 2.05) is 0 Å².